The van der Waals surface area contributed by atoms with Crippen molar-refractivity contribution < 1.29 is 31.1 Å². The molecule has 1 aliphatic rings. The first-order valence-corrected chi connectivity index (χ1v) is 10.4. The van der Waals surface area contributed by atoms with Gasteiger partial charge in [0.05, 0.1) is 10.6 Å². The van der Waals surface area contributed by atoms with Crippen LogP contribution in [0.4, 0.5) is 24.5 Å². The summed E-state index contributed by atoms with van der Waals surface area (Å²) < 4.78 is 67.8. The minimum absolute atomic E-state index is 0.0549. The van der Waals surface area contributed by atoms with Crippen molar-refractivity contribution in [2.45, 2.75) is 34.7 Å². The average molecular weight is 432 g/mol. The normalized spacial score (nSPS) is 17.3. The van der Waals surface area contributed by atoms with Crippen LogP contribution in [0, 0.1) is 0 Å². The number of halogens is 3. The van der Waals surface area contributed by atoms with Crippen LogP contribution in [-0.2, 0) is 14.8 Å². The summed E-state index contributed by atoms with van der Waals surface area (Å²) in [4.78, 5) is 12.5. The van der Waals surface area contributed by atoms with Gasteiger partial charge in [0.15, 0.2) is 0 Å². The van der Waals surface area contributed by atoms with Crippen LogP contribution >= 0.6 is 11.8 Å². The molecule has 0 saturated heterocycles. The largest absolute Gasteiger partial charge is 0.573 e. The van der Waals surface area contributed by atoms with Gasteiger partial charge in [0.1, 0.15) is 5.75 Å². The van der Waals surface area contributed by atoms with E-state index >= 15 is 0 Å². The summed E-state index contributed by atoms with van der Waals surface area (Å²) >= 11 is 1.46. The molecule has 1 amide bonds. The number of fused-ring (bicyclic) bond motifs is 1. The Morgan fingerprint density at radius 1 is 1.18 bits per heavy atom. The van der Waals surface area contributed by atoms with Crippen LogP contribution in [0.3, 0.4) is 0 Å². The van der Waals surface area contributed by atoms with Crippen LogP contribution < -0.4 is 14.8 Å². The highest BCUT2D eigenvalue weighted by molar-refractivity contribution is 8.00. The molecule has 150 valence electrons. The van der Waals surface area contributed by atoms with E-state index in [9.17, 15) is 26.4 Å². The fourth-order valence-electron chi connectivity index (χ4n) is 2.54. The summed E-state index contributed by atoms with van der Waals surface area (Å²) in [7, 11) is -4.01. The molecule has 1 atom stereocenters. The predicted octanol–water partition coefficient (Wildman–Crippen LogP) is 4.21. The van der Waals surface area contributed by atoms with E-state index in [0.717, 1.165) is 29.2 Å². The molecule has 11 heteroatoms. The SMILES string of the molecule is C[C@@H]1CC(=O)Nc2cc(S(=O)(=O)Nc3ccc(OC(F)(F)F)cc3)ccc2S1. The van der Waals surface area contributed by atoms with Crippen LogP contribution in [0.5, 0.6) is 5.75 Å². The summed E-state index contributed by atoms with van der Waals surface area (Å²) in [5.74, 6) is -0.671. The number of anilines is 2. The molecule has 3 rings (SSSR count). The fourth-order valence-corrected chi connectivity index (χ4v) is 4.67. The number of amides is 1. The summed E-state index contributed by atoms with van der Waals surface area (Å²) in [6, 6.07) is 8.67. The van der Waals surface area contributed by atoms with Gasteiger partial charge in [0.25, 0.3) is 10.0 Å². The highest BCUT2D eigenvalue weighted by Gasteiger charge is 2.31. The van der Waals surface area contributed by atoms with Gasteiger partial charge in [-0.2, -0.15) is 0 Å². The van der Waals surface area contributed by atoms with E-state index in [0.29, 0.717) is 12.1 Å². The van der Waals surface area contributed by atoms with Crippen molar-refractivity contribution >= 4 is 39.1 Å². The maximum Gasteiger partial charge on any atom is 0.573 e. The fraction of sp³-hybridized carbons (Fsp3) is 0.235. The first-order valence-electron chi connectivity index (χ1n) is 8.01. The highest BCUT2D eigenvalue weighted by atomic mass is 32.2. The molecular weight excluding hydrogens is 417 g/mol. The molecule has 0 bridgehead atoms. The number of rotatable bonds is 4. The summed E-state index contributed by atoms with van der Waals surface area (Å²) in [5.41, 5.74) is 0.465. The number of nitrogens with one attached hydrogen (secondary N) is 2. The average Bonchev–Trinajstić information content (AvgIpc) is 2.70. The number of hydrogen-bond acceptors (Lipinski definition) is 5. The Balaban J connectivity index is 1.81. The molecule has 1 heterocycles. The van der Waals surface area contributed by atoms with E-state index in [1.54, 1.807) is 6.07 Å². The molecular formula is C17H15F3N2O4S2. The van der Waals surface area contributed by atoms with E-state index in [2.05, 4.69) is 14.8 Å². The molecule has 0 aliphatic carbocycles. The van der Waals surface area contributed by atoms with Crippen molar-refractivity contribution in [2.75, 3.05) is 10.0 Å². The molecule has 28 heavy (non-hydrogen) atoms. The third kappa shape index (κ3) is 5.10. The Hall–Kier alpha value is -2.40. The van der Waals surface area contributed by atoms with Crippen LogP contribution in [-0.4, -0.2) is 25.9 Å². The number of hydrogen-bond donors (Lipinski definition) is 2. The number of carbonyl (C=O) groups is 1. The van der Waals surface area contributed by atoms with Gasteiger partial charge in [-0.05, 0) is 42.5 Å². The Morgan fingerprint density at radius 2 is 1.86 bits per heavy atom. The smallest absolute Gasteiger partial charge is 0.406 e. The maximum atomic E-state index is 12.6. The molecule has 0 saturated carbocycles. The summed E-state index contributed by atoms with van der Waals surface area (Å²) in [6.45, 7) is 1.90. The number of benzene rings is 2. The molecule has 0 aromatic heterocycles. The van der Waals surface area contributed by atoms with E-state index in [4.69, 9.17) is 0 Å². The van der Waals surface area contributed by atoms with Crippen molar-refractivity contribution in [3.05, 3.63) is 42.5 Å². The summed E-state index contributed by atoms with van der Waals surface area (Å²) in [6.07, 6.45) is -4.52. The number of ether oxygens (including phenoxy) is 1. The topological polar surface area (TPSA) is 84.5 Å². The molecule has 2 aromatic carbocycles. The molecule has 1 aliphatic heterocycles. The lowest BCUT2D eigenvalue weighted by molar-refractivity contribution is -0.274. The van der Waals surface area contributed by atoms with Crippen molar-refractivity contribution in [3.8, 4) is 5.75 Å². The lowest BCUT2D eigenvalue weighted by Crippen LogP contribution is -2.17. The third-order valence-electron chi connectivity index (χ3n) is 3.68. The van der Waals surface area contributed by atoms with Crippen LogP contribution in [0.1, 0.15) is 13.3 Å². The van der Waals surface area contributed by atoms with Crippen LogP contribution in [0.2, 0.25) is 0 Å². The zero-order valence-electron chi connectivity index (χ0n) is 14.4. The highest BCUT2D eigenvalue weighted by Crippen LogP contribution is 2.36. The number of sulfonamides is 1. The van der Waals surface area contributed by atoms with Gasteiger partial charge < -0.3 is 10.1 Å². The Morgan fingerprint density at radius 3 is 2.50 bits per heavy atom. The van der Waals surface area contributed by atoms with E-state index in [1.807, 2.05) is 6.92 Å². The van der Waals surface area contributed by atoms with E-state index in [1.165, 1.54) is 23.9 Å². The summed E-state index contributed by atoms with van der Waals surface area (Å²) in [5, 5.41) is 2.74. The molecule has 2 N–H and O–H groups in total. The van der Waals surface area contributed by atoms with Crippen LogP contribution in [0.25, 0.3) is 0 Å². The van der Waals surface area contributed by atoms with Gasteiger partial charge >= 0.3 is 6.36 Å². The van der Waals surface area contributed by atoms with Crippen molar-refractivity contribution in [2.24, 2.45) is 0 Å². The van der Waals surface area contributed by atoms with Gasteiger partial charge in [0.2, 0.25) is 5.91 Å². The first-order chi connectivity index (χ1) is 13.0. The third-order valence-corrected chi connectivity index (χ3v) is 6.23. The number of alkyl halides is 3. The Bertz CT molecular complexity index is 992. The predicted molar refractivity (Wildman–Crippen MR) is 98.9 cm³/mol. The number of carbonyl (C=O) groups excluding carboxylic acids is 1. The Kier molecular flexibility index (Phi) is 5.48. The lowest BCUT2D eigenvalue weighted by atomic mass is 10.3. The van der Waals surface area contributed by atoms with Gasteiger partial charge in [-0.3, -0.25) is 9.52 Å². The zero-order valence-corrected chi connectivity index (χ0v) is 16.0. The van der Waals surface area contributed by atoms with Crippen molar-refractivity contribution in [3.63, 3.8) is 0 Å². The van der Waals surface area contributed by atoms with E-state index < -0.39 is 22.1 Å². The number of thioether (sulfide) groups is 1. The zero-order chi connectivity index (χ0) is 20.5. The first kappa shape index (κ1) is 20.3. The van der Waals surface area contributed by atoms with Crippen molar-refractivity contribution in [1.82, 2.24) is 0 Å². The maximum absolute atomic E-state index is 12.6. The van der Waals surface area contributed by atoms with Gasteiger partial charge in [-0.25, -0.2) is 8.42 Å². The van der Waals surface area contributed by atoms with Gasteiger partial charge in [-0.15, -0.1) is 24.9 Å². The molecule has 0 unspecified atom stereocenters. The van der Waals surface area contributed by atoms with Gasteiger partial charge in [0, 0.05) is 22.3 Å². The monoisotopic (exact) mass is 432 g/mol. The van der Waals surface area contributed by atoms with Crippen molar-refractivity contribution in [1.29, 1.82) is 0 Å². The second-order valence-electron chi connectivity index (χ2n) is 6.02. The lowest BCUT2D eigenvalue weighted by Gasteiger charge is -2.13. The molecule has 6 nitrogen and oxygen atoms in total. The van der Waals surface area contributed by atoms with Gasteiger partial charge in [-0.1, -0.05) is 6.92 Å². The van der Waals surface area contributed by atoms with Crippen LogP contribution in [0.15, 0.2) is 52.3 Å². The van der Waals surface area contributed by atoms with E-state index in [-0.39, 0.29) is 21.7 Å². The Labute approximate surface area is 163 Å². The molecule has 2 aromatic rings. The molecule has 0 spiro atoms. The second kappa shape index (κ2) is 7.55. The second-order valence-corrected chi connectivity index (χ2v) is 9.18. The molecule has 0 fully saturated rings. The minimum Gasteiger partial charge on any atom is -0.406 e. The standard InChI is InChI=1S/C17H15F3N2O4S2/c1-10-8-16(23)21-14-9-13(6-7-15(14)27-10)28(24,25)22-11-2-4-12(5-3-11)26-17(18,19)20/h2-7,9-10,22H,8H2,1H3,(H,21,23)/t10-/m1/s1. The quantitative estimate of drug-likeness (QED) is 0.756. The minimum atomic E-state index is -4.83. The molecule has 0 radical (unpaired) electrons.